The monoisotopic (exact) mass is 232 g/mol. The van der Waals surface area contributed by atoms with E-state index in [9.17, 15) is 4.39 Å². The van der Waals surface area contributed by atoms with Gasteiger partial charge in [0.2, 0.25) is 0 Å². The number of aryl methyl sites for hydroxylation is 1. The fraction of sp³-hybridized carbons (Fsp3) is 0.154. The van der Waals surface area contributed by atoms with Crippen molar-refractivity contribution in [3.8, 4) is 5.75 Å². The van der Waals surface area contributed by atoms with Gasteiger partial charge in [0, 0.05) is 11.8 Å². The molecule has 0 bridgehead atoms. The van der Waals surface area contributed by atoms with Crippen molar-refractivity contribution < 1.29 is 9.13 Å². The van der Waals surface area contributed by atoms with Crippen LogP contribution in [0.5, 0.6) is 5.75 Å². The summed E-state index contributed by atoms with van der Waals surface area (Å²) in [4.78, 5) is 3.89. The largest absolute Gasteiger partial charge is 0.485 e. The van der Waals surface area contributed by atoms with E-state index in [1.54, 1.807) is 43.5 Å². The summed E-state index contributed by atoms with van der Waals surface area (Å²) in [5.41, 5.74) is 6.73. The van der Waals surface area contributed by atoms with Crippen LogP contribution in [-0.4, -0.2) is 4.98 Å². The Labute approximate surface area is 99.1 Å². The van der Waals surface area contributed by atoms with E-state index in [2.05, 4.69) is 4.98 Å². The second-order valence-corrected chi connectivity index (χ2v) is 3.72. The van der Waals surface area contributed by atoms with Gasteiger partial charge in [0.05, 0.1) is 0 Å². The van der Waals surface area contributed by atoms with Crippen molar-refractivity contribution in [2.75, 3.05) is 5.73 Å². The Morgan fingerprint density at radius 1 is 1.29 bits per heavy atom. The molecule has 1 aromatic heterocycles. The molecule has 2 aromatic rings. The third-order valence-electron chi connectivity index (χ3n) is 2.45. The number of ether oxygens (including phenoxy) is 1. The Morgan fingerprint density at radius 2 is 2.12 bits per heavy atom. The first-order valence-corrected chi connectivity index (χ1v) is 5.26. The molecule has 2 rings (SSSR count). The van der Waals surface area contributed by atoms with E-state index in [1.165, 1.54) is 0 Å². The fourth-order valence-corrected chi connectivity index (χ4v) is 1.50. The average molecular weight is 232 g/mol. The van der Waals surface area contributed by atoms with Gasteiger partial charge in [0.25, 0.3) is 0 Å². The normalized spacial score (nSPS) is 10.2. The number of rotatable bonds is 3. The summed E-state index contributed by atoms with van der Waals surface area (Å²) in [6, 6.07) is 8.63. The number of benzene rings is 1. The van der Waals surface area contributed by atoms with Crippen molar-refractivity contribution in [3.63, 3.8) is 0 Å². The van der Waals surface area contributed by atoms with Gasteiger partial charge in [-0.15, -0.1) is 0 Å². The van der Waals surface area contributed by atoms with Crippen molar-refractivity contribution in [2.45, 2.75) is 13.5 Å². The second-order valence-electron chi connectivity index (χ2n) is 3.72. The lowest BCUT2D eigenvalue weighted by Gasteiger charge is -2.09. The minimum Gasteiger partial charge on any atom is -0.485 e. The predicted octanol–water partition coefficient (Wildman–Crippen LogP) is 2.69. The highest BCUT2D eigenvalue weighted by Gasteiger charge is 2.06. The van der Waals surface area contributed by atoms with Crippen LogP contribution in [0.1, 0.15) is 11.1 Å². The lowest BCUT2D eigenvalue weighted by molar-refractivity contribution is 0.300. The molecule has 0 aliphatic carbocycles. The summed E-state index contributed by atoms with van der Waals surface area (Å²) in [5, 5.41) is 0. The average Bonchev–Trinajstić information content (AvgIpc) is 2.33. The third-order valence-corrected chi connectivity index (χ3v) is 2.45. The zero-order chi connectivity index (χ0) is 12.3. The first-order valence-electron chi connectivity index (χ1n) is 5.26. The number of pyridine rings is 1. The molecule has 2 N–H and O–H groups in total. The maximum atomic E-state index is 13.7. The van der Waals surface area contributed by atoms with Gasteiger partial charge in [-0.25, -0.2) is 9.37 Å². The lowest BCUT2D eigenvalue weighted by Crippen LogP contribution is -2.02. The number of hydrogen-bond acceptors (Lipinski definition) is 3. The van der Waals surface area contributed by atoms with Crippen LogP contribution in [0.25, 0.3) is 0 Å². The summed E-state index contributed by atoms with van der Waals surface area (Å²) in [6.45, 7) is 1.86. The highest BCUT2D eigenvalue weighted by Crippen LogP contribution is 2.20. The van der Waals surface area contributed by atoms with Crippen molar-refractivity contribution >= 4 is 5.82 Å². The maximum absolute atomic E-state index is 13.7. The molecular formula is C13H13FN2O. The molecule has 1 aromatic carbocycles. The molecule has 0 radical (unpaired) electrons. The zero-order valence-corrected chi connectivity index (χ0v) is 9.48. The molecule has 0 amide bonds. The molecule has 17 heavy (non-hydrogen) atoms. The Morgan fingerprint density at radius 3 is 2.88 bits per heavy atom. The molecular weight excluding hydrogens is 219 g/mol. The Kier molecular flexibility index (Phi) is 3.23. The van der Waals surface area contributed by atoms with Crippen LogP contribution < -0.4 is 10.5 Å². The topological polar surface area (TPSA) is 48.1 Å². The first kappa shape index (κ1) is 11.4. The summed E-state index contributed by atoms with van der Waals surface area (Å²) < 4.78 is 19.1. The van der Waals surface area contributed by atoms with E-state index >= 15 is 0 Å². The van der Waals surface area contributed by atoms with Gasteiger partial charge in [-0.1, -0.05) is 18.2 Å². The van der Waals surface area contributed by atoms with E-state index in [-0.39, 0.29) is 12.4 Å². The number of hydrogen-bond donors (Lipinski definition) is 1. The number of nitrogens with two attached hydrogens (primary N) is 1. The smallest absolute Gasteiger partial charge is 0.166 e. The van der Waals surface area contributed by atoms with Crippen molar-refractivity contribution in [1.82, 2.24) is 4.98 Å². The van der Waals surface area contributed by atoms with Gasteiger partial charge in [-0.3, -0.25) is 0 Å². The lowest BCUT2D eigenvalue weighted by atomic mass is 10.1. The molecule has 1 heterocycles. The van der Waals surface area contributed by atoms with Crippen molar-refractivity contribution in [1.29, 1.82) is 0 Å². The summed E-state index contributed by atoms with van der Waals surface area (Å²) >= 11 is 0. The molecule has 0 unspecified atom stereocenters. The van der Waals surface area contributed by atoms with Crippen LogP contribution in [0, 0.1) is 12.7 Å². The molecule has 0 atom stereocenters. The molecule has 0 aliphatic rings. The van der Waals surface area contributed by atoms with Crippen LogP contribution in [-0.2, 0) is 6.61 Å². The second kappa shape index (κ2) is 4.82. The van der Waals surface area contributed by atoms with Gasteiger partial charge < -0.3 is 10.5 Å². The molecule has 88 valence electrons. The molecule has 3 nitrogen and oxygen atoms in total. The minimum absolute atomic E-state index is 0.142. The van der Waals surface area contributed by atoms with E-state index < -0.39 is 0 Å². The van der Waals surface area contributed by atoms with E-state index in [0.29, 0.717) is 22.7 Å². The summed E-state index contributed by atoms with van der Waals surface area (Å²) in [6.07, 6.45) is 1.58. The molecule has 0 saturated heterocycles. The van der Waals surface area contributed by atoms with Crippen LogP contribution in [0.4, 0.5) is 10.2 Å². The van der Waals surface area contributed by atoms with Gasteiger partial charge in [-0.05, 0) is 24.6 Å². The zero-order valence-electron chi connectivity index (χ0n) is 9.48. The van der Waals surface area contributed by atoms with Crippen molar-refractivity contribution in [2.24, 2.45) is 0 Å². The van der Waals surface area contributed by atoms with Gasteiger partial charge in [0.1, 0.15) is 12.4 Å². The fourth-order valence-electron chi connectivity index (χ4n) is 1.50. The highest BCUT2D eigenvalue weighted by atomic mass is 19.1. The molecule has 0 aliphatic heterocycles. The number of nitrogen functional groups attached to an aromatic ring is 1. The van der Waals surface area contributed by atoms with Gasteiger partial charge in [0.15, 0.2) is 11.6 Å². The summed E-state index contributed by atoms with van der Waals surface area (Å²) in [7, 11) is 0. The highest BCUT2D eigenvalue weighted by molar-refractivity contribution is 5.44. The van der Waals surface area contributed by atoms with E-state index in [1.807, 2.05) is 0 Å². The Hall–Kier alpha value is -2.10. The van der Waals surface area contributed by atoms with Crippen LogP contribution in [0.3, 0.4) is 0 Å². The van der Waals surface area contributed by atoms with Crippen LogP contribution in [0.2, 0.25) is 0 Å². The van der Waals surface area contributed by atoms with E-state index in [0.717, 1.165) is 0 Å². The molecule has 0 fully saturated rings. The number of halogens is 1. The predicted molar refractivity (Wildman–Crippen MR) is 64.1 cm³/mol. The molecule has 0 saturated carbocycles. The summed E-state index contributed by atoms with van der Waals surface area (Å²) in [5.74, 6) is 0.531. The van der Waals surface area contributed by atoms with Crippen LogP contribution in [0.15, 0.2) is 36.5 Å². The first-order chi connectivity index (χ1) is 8.18. The van der Waals surface area contributed by atoms with Crippen molar-refractivity contribution in [3.05, 3.63) is 53.5 Å². The number of aromatic nitrogens is 1. The minimum atomic E-state index is -0.241. The molecule has 4 heteroatoms. The van der Waals surface area contributed by atoms with Crippen LogP contribution >= 0.6 is 0 Å². The SMILES string of the molecule is Cc1cccc(COc2cccnc2N)c1F. The molecule has 0 spiro atoms. The Bertz CT molecular complexity index is 529. The van der Waals surface area contributed by atoms with E-state index in [4.69, 9.17) is 10.5 Å². The maximum Gasteiger partial charge on any atom is 0.166 e. The number of anilines is 1. The standard InChI is InChI=1S/C13H13FN2O/c1-9-4-2-5-10(12(9)14)8-17-11-6-3-7-16-13(11)15/h2-7H,8H2,1H3,(H2,15,16). The quantitative estimate of drug-likeness (QED) is 0.885. The Balaban J connectivity index is 2.13. The number of nitrogens with zero attached hydrogens (tertiary/aromatic N) is 1. The third kappa shape index (κ3) is 2.53. The van der Waals surface area contributed by atoms with Gasteiger partial charge in [-0.2, -0.15) is 0 Å². The van der Waals surface area contributed by atoms with Gasteiger partial charge >= 0.3 is 0 Å².